The highest BCUT2D eigenvalue weighted by Crippen LogP contribution is 2.39. The molecule has 1 fully saturated rings. The van der Waals surface area contributed by atoms with Crippen LogP contribution in [0.1, 0.15) is 32.4 Å². The lowest BCUT2D eigenvalue weighted by Crippen LogP contribution is -2.48. The van der Waals surface area contributed by atoms with Gasteiger partial charge in [0, 0.05) is 43.3 Å². The molecule has 0 saturated carbocycles. The highest BCUT2D eigenvalue weighted by molar-refractivity contribution is 7.92. The first-order chi connectivity index (χ1) is 14.0. The van der Waals surface area contributed by atoms with E-state index in [0.29, 0.717) is 31.6 Å². The number of amides is 2. The third-order valence-corrected chi connectivity index (χ3v) is 7.45. The largest absolute Gasteiger partial charge is 0.610 e. The van der Waals surface area contributed by atoms with Crippen molar-refractivity contribution in [3.05, 3.63) is 30.2 Å². The minimum absolute atomic E-state index is 0.0331. The summed E-state index contributed by atoms with van der Waals surface area (Å²) in [4.78, 5) is 14.1. The van der Waals surface area contributed by atoms with Crippen LogP contribution in [0.2, 0.25) is 0 Å². The topological polar surface area (TPSA) is 99.0 Å². The number of nitrogens with one attached hydrogen (secondary N) is 1. The van der Waals surface area contributed by atoms with Crippen molar-refractivity contribution in [2.24, 2.45) is 13.0 Å². The predicted octanol–water partition coefficient (Wildman–Crippen LogP) is 3.06. The zero-order valence-corrected chi connectivity index (χ0v) is 17.6. The summed E-state index contributed by atoms with van der Waals surface area (Å²) >= 11 is -1.70. The van der Waals surface area contributed by atoms with E-state index in [1.165, 1.54) is 19.4 Å². The maximum Gasteiger partial charge on any atom is 0.435 e. The number of aryl methyl sites for hydroxylation is 1. The molecule has 0 aromatic carbocycles. The summed E-state index contributed by atoms with van der Waals surface area (Å²) < 4.78 is 52.2. The van der Waals surface area contributed by atoms with Crippen LogP contribution in [-0.2, 0) is 24.4 Å². The van der Waals surface area contributed by atoms with E-state index in [-0.39, 0.29) is 17.0 Å². The molecule has 0 aliphatic carbocycles. The number of aromatic nitrogens is 4. The third-order valence-electron chi connectivity index (χ3n) is 5.40. The van der Waals surface area contributed by atoms with Crippen molar-refractivity contribution < 1.29 is 22.5 Å². The van der Waals surface area contributed by atoms with Gasteiger partial charge < -0.3 is 14.8 Å². The summed E-state index contributed by atoms with van der Waals surface area (Å²) in [5.74, 6) is -0.0331. The molecular formula is C18H23F3N6O2S. The molecular weight excluding hydrogens is 421 g/mol. The fourth-order valence-corrected chi connectivity index (χ4v) is 5.10. The monoisotopic (exact) mass is 444 g/mol. The molecule has 12 heteroatoms. The van der Waals surface area contributed by atoms with Crippen molar-refractivity contribution in [2.75, 3.05) is 18.4 Å². The number of hydrogen-bond acceptors (Lipinski definition) is 5. The number of carbonyl (C=O) groups excluding carboxylic acids is 1. The number of rotatable bonds is 4. The Morgan fingerprint density at radius 1 is 1.27 bits per heavy atom. The number of carbonyl (C=O) groups is 1. The summed E-state index contributed by atoms with van der Waals surface area (Å²) in [6, 6.07) is 2.22. The van der Waals surface area contributed by atoms with Crippen molar-refractivity contribution >= 4 is 22.9 Å². The van der Waals surface area contributed by atoms with Gasteiger partial charge >= 0.3 is 12.2 Å². The standard InChI is InChI=1S/C18H23F3N6O2S/c1-17(2,30(29)15-10-14(18(19,20)21)25-26(15)3)12-5-8-27(9-6-12)16(28)24-13-4-7-22-23-11-13/h4,7,10-12H,5-6,8-9H2,1-3H3,(H,22,24,28). The van der Waals surface area contributed by atoms with Gasteiger partial charge in [-0.3, -0.25) is 0 Å². The molecule has 0 radical (unpaired) electrons. The van der Waals surface area contributed by atoms with E-state index >= 15 is 0 Å². The average molecular weight is 444 g/mol. The van der Waals surface area contributed by atoms with Gasteiger partial charge in [0.25, 0.3) is 0 Å². The van der Waals surface area contributed by atoms with Gasteiger partial charge in [0.1, 0.15) is 4.75 Å². The van der Waals surface area contributed by atoms with Gasteiger partial charge in [-0.2, -0.15) is 28.5 Å². The van der Waals surface area contributed by atoms with E-state index < -0.39 is 27.8 Å². The quantitative estimate of drug-likeness (QED) is 0.731. The number of nitrogens with zero attached hydrogens (tertiary/aromatic N) is 5. The Labute approximate surface area is 175 Å². The van der Waals surface area contributed by atoms with Crippen LogP contribution in [0.15, 0.2) is 29.6 Å². The molecule has 1 aliphatic rings. The molecule has 2 aromatic rings. The van der Waals surface area contributed by atoms with Crippen molar-refractivity contribution in [1.82, 2.24) is 24.9 Å². The van der Waals surface area contributed by atoms with E-state index in [9.17, 15) is 22.5 Å². The van der Waals surface area contributed by atoms with Crippen LogP contribution in [0.25, 0.3) is 0 Å². The molecule has 164 valence electrons. The molecule has 2 aromatic heterocycles. The normalized spacial score (nSPS) is 17.1. The van der Waals surface area contributed by atoms with Crippen LogP contribution in [-0.4, -0.2) is 53.3 Å². The summed E-state index contributed by atoms with van der Waals surface area (Å²) in [6.07, 6.45) is -0.495. The Morgan fingerprint density at radius 2 is 1.93 bits per heavy atom. The maximum atomic E-state index is 13.2. The number of alkyl halides is 3. The van der Waals surface area contributed by atoms with Crippen LogP contribution in [0.5, 0.6) is 0 Å². The Kier molecular flexibility index (Phi) is 6.27. The lowest BCUT2D eigenvalue weighted by atomic mass is 9.86. The third kappa shape index (κ3) is 4.69. The fourth-order valence-electron chi connectivity index (χ4n) is 3.53. The molecule has 2 amide bonds. The minimum Gasteiger partial charge on any atom is -0.610 e. The predicted molar refractivity (Wildman–Crippen MR) is 104 cm³/mol. The second kappa shape index (κ2) is 8.42. The number of anilines is 1. The second-order valence-electron chi connectivity index (χ2n) is 7.68. The Bertz CT molecular complexity index is 882. The number of piperidine rings is 1. The van der Waals surface area contributed by atoms with Gasteiger partial charge in [-0.1, -0.05) is 0 Å². The minimum atomic E-state index is -4.59. The maximum absolute atomic E-state index is 13.2. The highest BCUT2D eigenvalue weighted by Gasteiger charge is 2.46. The van der Waals surface area contributed by atoms with Gasteiger partial charge in [0.05, 0.1) is 18.1 Å². The summed E-state index contributed by atoms with van der Waals surface area (Å²) in [5.41, 5.74) is -0.517. The average Bonchev–Trinajstić information content (AvgIpc) is 3.10. The van der Waals surface area contributed by atoms with Crippen LogP contribution in [0, 0.1) is 5.92 Å². The fraction of sp³-hybridized carbons (Fsp3) is 0.556. The van der Waals surface area contributed by atoms with Crippen molar-refractivity contribution in [3.8, 4) is 0 Å². The molecule has 3 rings (SSSR count). The molecule has 30 heavy (non-hydrogen) atoms. The zero-order valence-electron chi connectivity index (χ0n) is 16.8. The van der Waals surface area contributed by atoms with E-state index in [0.717, 1.165) is 10.7 Å². The van der Waals surface area contributed by atoms with Crippen molar-refractivity contribution in [3.63, 3.8) is 0 Å². The molecule has 1 unspecified atom stereocenters. The Balaban J connectivity index is 1.64. The lowest BCUT2D eigenvalue weighted by molar-refractivity contribution is -0.141. The summed E-state index contributed by atoms with van der Waals surface area (Å²) in [7, 11) is 1.36. The van der Waals surface area contributed by atoms with Crippen LogP contribution in [0.3, 0.4) is 0 Å². The van der Waals surface area contributed by atoms with E-state index in [1.807, 2.05) is 0 Å². The molecule has 3 heterocycles. The first-order valence-electron chi connectivity index (χ1n) is 9.36. The number of hydrogen-bond donors (Lipinski definition) is 1. The van der Waals surface area contributed by atoms with E-state index in [2.05, 4.69) is 20.6 Å². The van der Waals surface area contributed by atoms with E-state index in [4.69, 9.17) is 0 Å². The van der Waals surface area contributed by atoms with Gasteiger partial charge in [0.2, 0.25) is 5.03 Å². The van der Waals surface area contributed by atoms with Crippen LogP contribution < -0.4 is 5.32 Å². The van der Waals surface area contributed by atoms with Crippen LogP contribution >= 0.6 is 0 Å². The van der Waals surface area contributed by atoms with Gasteiger partial charge in [-0.05, 0) is 32.8 Å². The van der Waals surface area contributed by atoms with Crippen molar-refractivity contribution in [2.45, 2.75) is 42.6 Å². The van der Waals surface area contributed by atoms with Crippen molar-refractivity contribution in [1.29, 1.82) is 0 Å². The SMILES string of the molecule is Cn1nc(C(F)(F)F)cc1[S+]([O-])C(C)(C)C1CCN(C(=O)Nc2ccnnc2)CC1. The molecule has 0 bridgehead atoms. The molecule has 1 saturated heterocycles. The highest BCUT2D eigenvalue weighted by atomic mass is 32.2. The molecule has 1 aliphatic heterocycles. The zero-order chi connectivity index (χ0) is 22.1. The van der Waals surface area contributed by atoms with Crippen LogP contribution in [0.4, 0.5) is 23.7 Å². The number of likely N-dealkylation sites (tertiary alicyclic amines) is 1. The van der Waals surface area contributed by atoms with Gasteiger partial charge in [-0.25, -0.2) is 9.48 Å². The number of halogens is 3. The molecule has 1 N–H and O–H groups in total. The Morgan fingerprint density at radius 3 is 2.47 bits per heavy atom. The summed E-state index contributed by atoms with van der Waals surface area (Å²) in [5, 5.41) is 13.6. The molecule has 0 spiro atoms. The lowest BCUT2D eigenvalue weighted by Gasteiger charge is -2.40. The first kappa shape index (κ1) is 22.3. The Hall–Kier alpha value is -2.34. The molecule has 1 atom stereocenters. The number of urea groups is 1. The second-order valence-corrected chi connectivity index (χ2v) is 9.69. The van der Waals surface area contributed by atoms with Gasteiger partial charge in [-0.15, -0.1) is 0 Å². The summed E-state index contributed by atoms with van der Waals surface area (Å²) in [6.45, 7) is 4.47. The first-order valence-corrected chi connectivity index (χ1v) is 10.5. The molecule has 8 nitrogen and oxygen atoms in total. The van der Waals surface area contributed by atoms with E-state index in [1.54, 1.807) is 24.8 Å². The van der Waals surface area contributed by atoms with Gasteiger partial charge in [0.15, 0.2) is 5.69 Å². The smallest absolute Gasteiger partial charge is 0.435 e.